The zero-order valence-corrected chi connectivity index (χ0v) is 16.6. The van der Waals surface area contributed by atoms with Crippen molar-refractivity contribution in [3.8, 4) is 5.69 Å². The molecule has 0 unspecified atom stereocenters. The monoisotopic (exact) mass is 400 g/mol. The maximum absolute atomic E-state index is 12.2. The van der Waals surface area contributed by atoms with Crippen LogP contribution in [0.3, 0.4) is 0 Å². The topological polar surface area (TPSA) is 99.2 Å². The number of aryl methyl sites for hydroxylation is 2. The van der Waals surface area contributed by atoms with Gasteiger partial charge in [-0.05, 0) is 32.0 Å². The summed E-state index contributed by atoms with van der Waals surface area (Å²) in [5, 5.41) is 11.4. The first-order chi connectivity index (χ1) is 13.5. The fourth-order valence-electron chi connectivity index (χ4n) is 2.52. The molecule has 0 atom stereocenters. The normalized spacial score (nSPS) is 10.7. The van der Waals surface area contributed by atoms with Crippen molar-refractivity contribution in [2.45, 2.75) is 25.5 Å². The van der Waals surface area contributed by atoms with E-state index < -0.39 is 5.97 Å². The van der Waals surface area contributed by atoms with Crippen molar-refractivity contribution in [3.63, 3.8) is 0 Å². The Balaban J connectivity index is 1.55. The quantitative estimate of drug-likeness (QED) is 0.481. The Morgan fingerprint density at radius 2 is 2.00 bits per heavy atom. The van der Waals surface area contributed by atoms with Gasteiger partial charge < -0.3 is 14.5 Å². The van der Waals surface area contributed by atoms with Gasteiger partial charge in [0.15, 0.2) is 5.16 Å². The summed E-state index contributed by atoms with van der Waals surface area (Å²) < 4.78 is 12.0. The molecule has 1 aromatic carbocycles. The number of carbonyl (C=O) groups excluding carboxylic acids is 2. The van der Waals surface area contributed by atoms with Gasteiger partial charge >= 0.3 is 5.97 Å². The number of amides is 1. The molecule has 0 aliphatic carbocycles. The summed E-state index contributed by atoms with van der Waals surface area (Å²) >= 11 is 1.29. The molecule has 3 aromatic rings. The van der Waals surface area contributed by atoms with E-state index in [1.54, 1.807) is 19.3 Å². The van der Waals surface area contributed by atoms with E-state index in [1.165, 1.54) is 18.9 Å². The molecule has 1 amide bonds. The van der Waals surface area contributed by atoms with E-state index in [0.29, 0.717) is 22.2 Å². The minimum absolute atomic E-state index is 0.175. The Kier molecular flexibility index (Phi) is 6.15. The number of carbonyl (C=O) groups is 2. The molecule has 0 aliphatic rings. The second kappa shape index (κ2) is 8.75. The average molecular weight is 400 g/mol. The van der Waals surface area contributed by atoms with E-state index in [-0.39, 0.29) is 18.2 Å². The summed E-state index contributed by atoms with van der Waals surface area (Å²) in [6.45, 7) is 3.87. The summed E-state index contributed by atoms with van der Waals surface area (Å²) in [4.78, 5) is 23.8. The van der Waals surface area contributed by atoms with Crippen molar-refractivity contribution in [1.82, 2.24) is 20.1 Å². The molecule has 0 spiro atoms. The molecule has 9 heteroatoms. The van der Waals surface area contributed by atoms with Crippen molar-refractivity contribution >= 4 is 23.6 Å². The molecule has 0 aliphatic heterocycles. The number of rotatable bonds is 7. The highest BCUT2D eigenvalue weighted by Gasteiger charge is 2.16. The van der Waals surface area contributed by atoms with Gasteiger partial charge in [-0.3, -0.25) is 9.36 Å². The van der Waals surface area contributed by atoms with Crippen LogP contribution in [0, 0.1) is 13.8 Å². The summed E-state index contributed by atoms with van der Waals surface area (Å²) in [7, 11) is 1.31. The fourth-order valence-corrected chi connectivity index (χ4v) is 3.27. The smallest absolute Gasteiger partial charge is 0.341 e. The second-order valence-corrected chi connectivity index (χ2v) is 7.00. The average Bonchev–Trinajstić information content (AvgIpc) is 3.31. The largest absolute Gasteiger partial charge is 0.465 e. The number of thioether (sulfide) groups is 1. The van der Waals surface area contributed by atoms with Crippen LogP contribution >= 0.6 is 11.8 Å². The first-order valence-electron chi connectivity index (χ1n) is 8.52. The summed E-state index contributed by atoms with van der Waals surface area (Å²) in [6, 6.07) is 9.53. The number of esters is 1. The molecule has 0 radical (unpaired) electrons. The van der Waals surface area contributed by atoms with Crippen molar-refractivity contribution in [1.29, 1.82) is 0 Å². The number of nitrogens with one attached hydrogen (secondary N) is 1. The Bertz CT molecular complexity index is 978. The lowest BCUT2D eigenvalue weighted by atomic mass is 10.2. The minimum atomic E-state index is -0.468. The number of aromatic nitrogens is 3. The SMILES string of the molecule is COC(=O)c1cc(CNC(=O)CSc2nncn2-c2ccc(C)cc2)oc1C. The lowest BCUT2D eigenvalue weighted by molar-refractivity contribution is -0.118. The standard InChI is InChI=1S/C19H20N4O4S/c1-12-4-6-14(7-5-12)23-11-21-22-19(23)28-10-17(24)20-9-15-8-16(13(2)27-15)18(25)26-3/h4-8,11H,9-10H2,1-3H3,(H,20,24). The van der Waals surface area contributed by atoms with Crippen LogP contribution in [0.2, 0.25) is 0 Å². The highest BCUT2D eigenvalue weighted by molar-refractivity contribution is 7.99. The van der Waals surface area contributed by atoms with Gasteiger partial charge in [-0.2, -0.15) is 0 Å². The van der Waals surface area contributed by atoms with Gasteiger partial charge in [0, 0.05) is 5.69 Å². The summed E-state index contributed by atoms with van der Waals surface area (Å²) in [6.07, 6.45) is 1.62. The zero-order chi connectivity index (χ0) is 20.1. The molecule has 8 nitrogen and oxygen atoms in total. The number of nitrogens with zero attached hydrogens (tertiary/aromatic N) is 3. The highest BCUT2D eigenvalue weighted by Crippen LogP contribution is 2.20. The first kappa shape index (κ1) is 19.7. The van der Waals surface area contributed by atoms with Gasteiger partial charge in [0.2, 0.25) is 5.91 Å². The van der Waals surface area contributed by atoms with Crippen LogP contribution in [0.1, 0.15) is 27.4 Å². The Morgan fingerprint density at radius 3 is 2.71 bits per heavy atom. The van der Waals surface area contributed by atoms with Gasteiger partial charge in [0.25, 0.3) is 0 Å². The number of methoxy groups -OCH3 is 1. The van der Waals surface area contributed by atoms with Crippen LogP contribution in [0.15, 0.2) is 46.2 Å². The minimum Gasteiger partial charge on any atom is -0.465 e. The van der Waals surface area contributed by atoms with Crippen molar-refractivity contribution in [2.75, 3.05) is 12.9 Å². The van der Waals surface area contributed by atoms with E-state index in [0.717, 1.165) is 11.3 Å². The van der Waals surface area contributed by atoms with Crippen LogP contribution in [0.5, 0.6) is 0 Å². The fraction of sp³-hybridized carbons (Fsp3) is 0.263. The summed E-state index contributed by atoms with van der Waals surface area (Å²) in [5.74, 6) is 0.464. The van der Waals surface area contributed by atoms with Crippen molar-refractivity contribution in [2.24, 2.45) is 0 Å². The third-order valence-corrected chi connectivity index (χ3v) is 4.94. The maximum Gasteiger partial charge on any atom is 0.341 e. The van der Waals surface area contributed by atoms with E-state index in [2.05, 4.69) is 20.3 Å². The maximum atomic E-state index is 12.2. The van der Waals surface area contributed by atoms with E-state index >= 15 is 0 Å². The van der Waals surface area contributed by atoms with Gasteiger partial charge in [0.1, 0.15) is 23.4 Å². The second-order valence-electron chi connectivity index (χ2n) is 6.06. The Hall–Kier alpha value is -3.07. The zero-order valence-electron chi connectivity index (χ0n) is 15.8. The van der Waals surface area contributed by atoms with Crippen LogP contribution in [-0.2, 0) is 16.1 Å². The molecule has 2 aromatic heterocycles. The van der Waals surface area contributed by atoms with Crippen LogP contribution in [0.25, 0.3) is 5.69 Å². The molecule has 3 rings (SSSR count). The van der Waals surface area contributed by atoms with Gasteiger partial charge in [-0.25, -0.2) is 4.79 Å². The molecule has 28 heavy (non-hydrogen) atoms. The van der Waals surface area contributed by atoms with Crippen LogP contribution < -0.4 is 5.32 Å². The Labute approximate surface area is 166 Å². The molecule has 0 saturated carbocycles. The van der Waals surface area contributed by atoms with Gasteiger partial charge in [-0.15, -0.1) is 10.2 Å². The molecule has 2 heterocycles. The van der Waals surface area contributed by atoms with Crippen molar-refractivity contribution in [3.05, 3.63) is 59.3 Å². The molecule has 1 N–H and O–H groups in total. The van der Waals surface area contributed by atoms with Crippen LogP contribution in [0.4, 0.5) is 0 Å². The number of ether oxygens (including phenoxy) is 1. The van der Waals surface area contributed by atoms with E-state index in [9.17, 15) is 9.59 Å². The molecule has 0 saturated heterocycles. The predicted molar refractivity (Wildman–Crippen MR) is 103 cm³/mol. The lowest BCUT2D eigenvalue weighted by Crippen LogP contribution is -2.24. The Morgan fingerprint density at radius 1 is 1.25 bits per heavy atom. The number of benzene rings is 1. The third-order valence-electron chi connectivity index (χ3n) is 3.99. The molecular formula is C19H20N4O4S. The number of furan rings is 1. The first-order valence-corrected chi connectivity index (χ1v) is 9.50. The highest BCUT2D eigenvalue weighted by atomic mass is 32.2. The summed E-state index contributed by atoms with van der Waals surface area (Å²) in [5.41, 5.74) is 2.45. The van der Waals surface area contributed by atoms with E-state index in [1.807, 2.05) is 35.8 Å². The molecule has 0 fully saturated rings. The van der Waals surface area contributed by atoms with E-state index in [4.69, 9.17) is 4.42 Å². The predicted octanol–water partition coefficient (Wildman–Crippen LogP) is 2.67. The number of hydrogen-bond donors (Lipinski definition) is 1. The lowest BCUT2D eigenvalue weighted by Gasteiger charge is -2.07. The molecule has 0 bridgehead atoms. The molecule has 146 valence electrons. The van der Waals surface area contributed by atoms with Gasteiger partial charge in [0.05, 0.1) is 19.4 Å². The van der Waals surface area contributed by atoms with Crippen molar-refractivity contribution < 1.29 is 18.7 Å². The van der Waals surface area contributed by atoms with Crippen LogP contribution in [-0.4, -0.2) is 39.5 Å². The third kappa shape index (κ3) is 4.61. The molecular weight excluding hydrogens is 380 g/mol. The number of hydrogen-bond acceptors (Lipinski definition) is 7. The van der Waals surface area contributed by atoms with Gasteiger partial charge in [-0.1, -0.05) is 29.5 Å².